The van der Waals surface area contributed by atoms with E-state index >= 15 is 0 Å². The van der Waals surface area contributed by atoms with Gasteiger partial charge in [-0.1, -0.05) is 0 Å². The molecule has 0 amide bonds. The summed E-state index contributed by atoms with van der Waals surface area (Å²) in [6.45, 7) is 0. The lowest BCUT2D eigenvalue weighted by Gasteiger charge is -2.09. The molecule has 0 fully saturated rings. The van der Waals surface area contributed by atoms with Crippen molar-refractivity contribution >= 4 is 17.0 Å². The predicted octanol–water partition coefficient (Wildman–Crippen LogP) is 0.258. The van der Waals surface area contributed by atoms with Crippen LogP contribution >= 0.6 is 0 Å². The number of H-pyrrole nitrogens is 1. The second-order valence-electron chi connectivity index (χ2n) is 3.71. The van der Waals surface area contributed by atoms with Crippen molar-refractivity contribution in [3.05, 3.63) is 38.2 Å². The van der Waals surface area contributed by atoms with Crippen LogP contribution in [0.5, 0.6) is 0 Å². The molecule has 2 aromatic rings. The fourth-order valence-electron chi connectivity index (χ4n) is 1.73. The van der Waals surface area contributed by atoms with Crippen LogP contribution in [0, 0.1) is 0 Å². The van der Waals surface area contributed by atoms with Gasteiger partial charge in [0.05, 0.1) is 16.5 Å². The van der Waals surface area contributed by atoms with Crippen LogP contribution in [0.3, 0.4) is 0 Å². The van der Waals surface area contributed by atoms with Gasteiger partial charge in [-0.05, 0) is 0 Å². The van der Waals surface area contributed by atoms with E-state index in [-0.39, 0.29) is 5.65 Å². The molecule has 0 aliphatic carbocycles. The summed E-state index contributed by atoms with van der Waals surface area (Å²) < 4.78 is 26.9. The normalized spacial score (nSPS) is 11.2. The van der Waals surface area contributed by atoms with Crippen LogP contribution in [0.1, 0.15) is 22.3 Å². The summed E-state index contributed by atoms with van der Waals surface area (Å²) in [7, 11) is 1.23. The molecular weight excluding hydrogens is 264 g/mol. The van der Waals surface area contributed by atoms with Crippen LogP contribution in [0.4, 0.5) is 8.78 Å². The number of pyridine rings is 1. The average molecular weight is 271 g/mol. The summed E-state index contributed by atoms with van der Waals surface area (Å²) in [4.78, 5) is 39.2. The van der Waals surface area contributed by atoms with Gasteiger partial charge in [-0.15, -0.1) is 0 Å². The highest BCUT2D eigenvalue weighted by Crippen LogP contribution is 2.27. The molecule has 9 heteroatoms. The summed E-state index contributed by atoms with van der Waals surface area (Å²) in [5, 5.41) is 8.23. The van der Waals surface area contributed by atoms with Crippen LogP contribution in [0.15, 0.2) is 15.8 Å². The van der Waals surface area contributed by atoms with Gasteiger partial charge in [0.25, 0.3) is 12.0 Å². The maximum atomic E-state index is 13.0. The molecule has 0 unspecified atom stereocenters. The van der Waals surface area contributed by atoms with E-state index in [1.165, 1.54) is 7.05 Å². The summed E-state index contributed by atoms with van der Waals surface area (Å²) in [5.41, 5.74) is -3.94. The molecule has 19 heavy (non-hydrogen) atoms. The van der Waals surface area contributed by atoms with Gasteiger partial charge in [-0.3, -0.25) is 14.3 Å². The number of nitrogens with one attached hydrogen (secondary N) is 1. The van der Waals surface area contributed by atoms with E-state index in [0.717, 1.165) is 4.57 Å². The molecule has 2 rings (SSSR count). The van der Waals surface area contributed by atoms with Gasteiger partial charge < -0.3 is 5.11 Å². The molecule has 0 aliphatic heterocycles. The number of carbonyl (C=O) groups is 1. The highest BCUT2D eigenvalue weighted by atomic mass is 19.3. The molecule has 0 aliphatic rings. The molecule has 0 saturated carbocycles. The summed E-state index contributed by atoms with van der Waals surface area (Å²) >= 11 is 0. The molecule has 100 valence electrons. The van der Waals surface area contributed by atoms with E-state index in [9.17, 15) is 23.2 Å². The molecule has 0 atom stereocenters. The van der Waals surface area contributed by atoms with E-state index in [1.54, 1.807) is 0 Å². The maximum Gasteiger partial charge on any atom is 0.337 e. The molecule has 0 aromatic carbocycles. The monoisotopic (exact) mass is 271 g/mol. The quantitative estimate of drug-likeness (QED) is 0.815. The Morgan fingerprint density at radius 3 is 2.63 bits per heavy atom. The van der Waals surface area contributed by atoms with Gasteiger partial charge in [0, 0.05) is 13.2 Å². The van der Waals surface area contributed by atoms with Crippen LogP contribution in [-0.4, -0.2) is 25.6 Å². The van der Waals surface area contributed by atoms with E-state index in [4.69, 9.17) is 5.11 Å². The van der Waals surface area contributed by atoms with Crippen LogP contribution < -0.4 is 11.2 Å². The minimum absolute atomic E-state index is 0.297. The number of carboxylic acids is 1. The number of hydrogen-bond donors (Lipinski definition) is 2. The number of rotatable bonds is 2. The van der Waals surface area contributed by atoms with Gasteiger partial charge in [0.15, 0.2) is 0 Å². The minimum atomic E-state index is -3.18. The number of alkyl halides is 2. The van der Waals surface area contributed by atoms with E-state index < -0.39 is 40.2 Å². The fourth-order valence-corrected chi connectivity index (χ4v) is 1.73. The number of hydrogen-bond acceptors (Lipinski definition) is 4. The van der Waals surface area contributed by atoms with Crippen molar-refractivity contribution < 1.29 is 18.7 Å². The number of aryl methyl sites for hydroxylation is 1. The van der Waals surface area contributed by atoms with Crippen LogP contribution in [0.25, 0.3) is 11.0 Å². The molecule has 0 radical (unpaired) electrons. The van der Waals surface area contributed by atoms with Crippen molar-refractivity contribution in [1.82, 2.24) is 14.5 Å². The summed E-state index contributed by atoms with van der Waals surface area (Å²) in [5.74, 6) is -1.63. The highest BCUT2D eigenvalue weighted by molar-refractivity contribution is 5.95. The Balaban J connectivity index is 3.11. The SMILES string of the molecule is Cn1c(=O)[nH]c(=O)c2c(C(F)F)c(C(=O)O)cnc21. The first-order valence-corrected chi connectivity index (χ1v) is 4.98. The number of aromatic amines is 1. The van der Waals surface area contributed by atoms with Crippen molar-refractivity contribution in [3.63, 3.8) is 0 Å². The molecule has 2 N–H and O–H groups in total. The van der Waals surface area contributed by atoms with Crippen molar-refractivity contribution in [3.8, 4) is 0 Å². The number of carboxylic acid groups (broad SMARTS) is 1. The van der Waals surface area contributed by atoms with Crippen molar-refractivity contribution in [2.75, 3.05) is 0 Å². The molecule has 2 heterocycles. The number of nitrogens with zero attached hydrogens (tertiary/aromatic N) is 2. The zero-order valence-corrected chi connectivity index (χ0v) is 9.48. The van der Waals surface area contributed by atoms with Crippen LogP contribution in [0.2, 0.25) is 0 Å². The van der Waals surface area contributed by atoms with Gasteiger partial charge in [0.1, 0.15) is 5.65 Å². The number of aromatic nitrogens is 3. The smallest absolute Gasteiger partial charge is 0.337 e. The van der Waals surface area contributed by atoms with E-state index in [2.05, 4.69) is 4.98 Å². The lowest BCUT2D eigenvalue weighted by atomic mass is 10.1. The Hall–Kier alpha value is -2.58. The first kappa shape index (κ1) is 12.9. The Bertz CT molecular complexity index is 794. The number of aromatic carboxylic acids is 1. The fraction of sp³-hybridized carbons (Fsp3) is 0.200. The average Bonchev–Trinajstić information content (AvgIpc) is 2.34. The van der Waals surface area contributed by atoms with Gasteiger partial charge in [-0.25, -0.2) is 23.4 Å². The Kier molecular flexibility index (Phi) is 2.89. The van der Waals surface area contributed by atoms with Crippen molar-refractivity contribution in [2.45, 2.75) is 6.43 Å². The summed E-state index contributed by atoms with van der Waals surface area (Å²) in [6, 6.07) is 0. The number of halogens is 2. The zero-order valence-electron chi connectivity index (χ0n) is 9.48. The molecule has 0 bridgehead atoms. The third kappa shape index (κ3) is 1.88. The van der Waals surface area contributed by atoms with Crippen LogP contribution in [-0.2, 0) is 7.05 Å². The van der Waals surface area contributed by atoms with Crippen molar-refractivity contribution in [1.29, 1.82) is 0 Å². The third-order valence-electron chi connectivity index (χ3n) is 2.62. The molecular formula is C10H7F2N3O4. The first-order chi connectivity index (χ1) is 8.84. The van der Waals surface area contributed by atoms with E-state index in [0.29, 0.717) is 6.20 Å². The third-order valence-corrected chi connectivity index (χ3v) is 2.62. The Morgan fingerprint density at radius 2 is 2.11 bits per heavy atom. The lowest BCUT2D eigenvalue weighted by Crippen LogP contribution is -2.30. The van der Waals surface area contributed by atoms with Gasteiger partial charge in [-0.2, -0.15) is 0 Å². The standard InChI is InChI=1S/C10H7F2N3O4/c1-15-7-5(8(16)14-10(15)19)4(6(11)12)3(2-13-7)9(17)18/h2,6H,1H3,(H,17,18)(H,14,16,19). The van der Waals surface area contributed by atoms with Gasteiger partial charge in [0.2, 0.25) is 0 Å². The molecule has 0 spiro atoms. The highest BCUT2D eigenvalue weighted by Gasteiger charge is 2.25. The van der Waals surface area contributed by atoms with E-state index in [1.807, 2.05) is 4.98 Å². The number of fused-ring (bicyclic) bond motifs is 1. The van der Waals surface area contributed by atoms with Gasteiger partial charge >= 0.3 is 11.7 Å². The maximum absolute atomic E-state index is 13.0. The topological polar surface area (TPSA) is 105 Å². The largest absolute Gasteiger partial charge is 0.478 e. The minimum Gasteiger partial charge on any atom is -0.478 e. The molecule has 7 nitrogen and oxygen atoms in total. The molecule has 0 saturated heterocycles. The lowest BCUT2D eigenvalue weighted by molar-refractivity contribution is 0.0685. The first-order valence-electron chi connectivity index (χ1n) is 4.98. The Labute approximate surface area is 103 Å². The van der Waals surface area contributed by atoms with Crippen molar-refractivity contribution in [2.24, 2.45) is 7.05 Å². The molecule has 2 aromatic heterocycles. The second kappa shape index (κ2) is 4.26. The summed E-state index contributed by atoms with van der Waals surface area (Å²) in [6.07, 6.45) is -2.49. The second-order valence-corrected chi connectivity index (χ2v) is 3.71. The zero-order chi connectivity index (χ0) is 14.3. The predicted molar refractivity (Wildman–Crippen MR) is 59.5 cm³/mol. The Morgan fingerprint density at radius 1 is 1.47 bits per heavy atom.